The number of aliphatic hydroxyl groups excluding tert-OH is 1. The molecule has 0 unspecified atom stereocenters. The molecule has 6 heteroatoms. The molecule has 0 fully saturated rings. The van der Waals surface area contributed by atoms with Gasteiger partial charge in [0.05, 0.1) is 33.0 Å². The molecular formula is C31H36N2O4. The number of methoxy groups -OCH3 is 2. The van der Waals surface area contributed by atoms with Crippen LogP contribution in [0.5, 0.6) is 11.5 Å². The van der Waals surface area contributed by atoms with E-state index in [0.29, 0.717) is 25.4 Å². The molecule has 3 N–H and O–H groups in total. The molecule has 3 aromatic carbocycles. The van der Waals surface area contributed by atoms with Gasteiger partial charge in [0.25, 0.3) is 0 Å². The highest BCUT2D eigenvalue weighted by molar-refractivity contribution is 5.84. The molecule has 0 saturated heterocycles. The van der Waals surface area contributed by atoms with Gasteiger partial charge in [0.1, 0.15) is 0 Å². The third kappa shape index (κ3) is 5.52. The summed E-state index contributed by atoms with van der Waals surface area (Å²) in [7, 11) is 3.33. The number of aliphatic hydroxyl groups is 1. The van der Waals surface area contributed by atoms with E-state index in [1.54, 1.807) is 14.2 Å². The summed E-state index contributed by atoms with van der Waals surface area (Å²) in [6.07, 6.45) is 4.73. The van der Waals surface area contributed by atoms with Crippen LogP contribution in [-0.4, -0.2) is 50.1 Å². The van der Waals surface area contributed by atoms with Crippen LogP contribution in [0.25, 0.3) is 10.9 Å². The Hall–Kier alpha value is -3.32. The first-order valence-electron chi connectivity index (χ1n) is 13.0. The number of aryl methyl sites for hydroxylation is 1. The number of hydrogen-bond donors (Lipinski definition) is 3. The summed E-state index contributed by atoms with van der Waals surface area (Å²) in [5, 5.41) is 15.4. The van der Waals surface area contributed by atoms with Crippen molar-refractivity contribution >= 4 is 10.9 Å². The van der Waals surface area contributed by atoms with Crippen LogP contribution in [0.4, 0.5) is 0 Å². The summed E-state index contributed by atoms with van der Waals surface area (Å²) in [6, 6.07) is 22.8. The predicted octanol–water partition coefficient (Wildman–Crippen LogP) is 5.36. The average molecular weight is 501 g/mol. The van der Waals surface area contributed by atoms with Gasteiger partial charge in [0.15, 0.2) is 11.5 Å². The SMILES string of the molecule is COc1cccc([C@@H](CNC[C@H](O)CO[C@@H]2CCCc3ccccc32)c2c[nH]c3ccccc23)c1OC. The largest absolute Gasteiger partial charge is 0.493 e. The third-order valence-electron chi connectivity index (χ3n) is 7.34. The summed E-state index contributed by atoms with van der Waals surface area (Å²) in [5.41, 5.74) is 5.91. The first kappa shape index (κ1) is 25.3. The Kier molecular flexibility index (Phi) is 8.09. The van der Waals surface area contributed by atoms with Crippen LogP contribution in [0.2, 0.25) is 0 Å². The Morgan fingerprint density at radius 1 is 0.946 bits per heavy atom. The standard InChI is InChI=1S/C31H36N2O4/c1-35-30-16-8-13-25(31(30)36-2)26(27-19-33-28-14-6-5-12-24(27)28)18-32-17-22(34)20-37-29-15-7-10-21-9-3-4-11-23(21)29/h3-6,8-9,11-14,16,19,22,26,29,32-34H,7,10,15,17-18,20H2,1-2H3/t22-,26+,29+/m0/s1. The molecular weight excluding hydrogens is 464 g/mol. The second-order valence-electron chi connectivity index (χ2n) is 9.65. The number of ether oxygens (including phenoxy) is 3. The van der Waals surface area contributed by atoms with Gasteiger partial charge in [-0.1, -0.05) is 54.6 Å². The van der Waals surface area contributed by atoms with Gasteiger partial charge in [-0.15, -0.1) is 0 Å². The molecule has 5 rings (SSSR count). The van der Waals surface area contributed by atoms with E-state index in [4.69, 9.17) is 14.2 Å². The van der Waals surface area contributed by atoms with Crippen LogP contribution in [0.1, 0.15) is 47.1 Å². The number of H-pyrrole nitrogens is 1. The summed E-state index contributed by atoms with van der Waals surface area (Å²) in [6.45, 7) is 1.35. The second kappa shape index (κ2) is 11.8. The van der Waals surface area contributed by atoms with Gasteiger partial charge >= 0.3 is 0 Å². The summed E-state index contributed by atoms with van der Waals surface area (Å²) >= 11 is 0. The lowest BCUT2D eigenvalue weighted by Crippen LogP contribution is -2.34. The molecule has 37 heavy (non-hydrogen) atoms. The van der Waals surface area contributed by atoms with Gasteiger partial charge in [-0.25, -0.2) is 0 Å². The van der Waals surface area contributed by atoms with Gasteiger partial charge in [-0.05, 0) is 48.1 Å². The van der Waals surface area contributed by atoms with Crippen LogP contribution in [0, 0.1) is 0 Å². The van der Waals surface area contributed by atoms with Gasteiger partial charge in [-0.3, -0.25) is 0 Å². The summed E-state index contributed by atoms with van der Waals surface area (Å²) < 4.78 is 17.5. The molecule has 194 valence electrons. The number of para-hydroxylation sites is 2. The van der Waals surface area contributed by atoms with E-state index in [0.717, 1.165) is 36.1 Å². The Labute approximate surface area is 218 Å². The van der Waals surface area contributed by atoms with E-state index in [9.17, 15) is 5.11 Å². The number of aromatic amines is 1. The van der Waals surface area contributed by atoms with Crippen LogP contribution in [0.3, 0.4) is 0 Å². The molecule has 0 bridgehead atoms. The number of nitrogens with one attached hydrogen (secondary N) is 2. The fraction of sp³-hybridized carbons (Fsp3) is 0.355. The Morgan fingerprint density at radius 3 is 2.65 bits per heavy atom. The monoisotopic (exact) mass is 500 g/mol. The third-order valence-corrected chi connectivity index (χ3v) is 7.34. The van der Waals surface area contributed by atoms with E-state index < -0.39 is 6.10 Å². The minimum absolute atomic E-state index is 0.0143. The van der Waals surface area contributed by atoms with Crippen LogP contribution < -0.4 is 14.8 Å². The normalized spacial score (nSPS) is 16.8. The minimum Gasteiger partial charge on any atom is -0.493 e. The Balaban J connectivity index is 1.29. The zero-order valence-electron chi connectivity index (χ0n) is 21.6. The molecule has 4 aromatic rings. The fourth-order valence-electron chi connectivity index (χ4n) is 5.52. The van der Waals surface area contributed by atoms with E-state index in [-0.39, 0.29) is 12.0 Å². The highest BCUT2D eigenvalue weighted by Crippen LogP contribution is 2.40. The lowest BCUT2D eigenvalue weighted by molar-refractivity contribution is -0.0166. The Morgan fingerprint density at radius 2 is 1.78 bits per heavy atom. The van der Waals surface area contributed by atoms with Crippen molar-refractivity contribution in [2.24, 2.45) is 0 Å². The maximum atomic E-state index is 10.8. The van der Waals surface area contributed by atoms with Gasteiger partial charge in [0, 0.05) is 41.7 Å². The number of hydrogen-bond acceptors (Lipinski definition) is 5. The van der Waals surface area contributed by atoms with Gasteiger partial charge in [0.2, 0.25) is 0 Å². The van der Waals surface area contributed by atoms with E-state index in [2.05, 4.69) is 65.0 Å². The van der Waals surface area contributed by atoms with Crippen molar-refractivity contribution < 1.29 is 19.3 Å². The van der Waals surface area contributed by atoms with Crippen molar-refractivity contribution in [3.8, 4) is 11.5 Å². The van der Waals surface area contributed by atoms with Crippen molar-refractivity contribution in [2.45, 2.75) is 37.4 Å². The highest BCUT2D eigenvalue weighted by Gasteiger charge is 2.24. The van der Waals surface area contributed by atoms with Crippen LogP contribution in [-0.2, 0) is 11.2 Å². The van der Waals surface area contributed by atoms with Crippen LogP contribution in [0.15, 0.2) is 72.9 Å². The van der Waals surface area contributed by atoms with Crippen LogP contribution >= 0.6 is 0 Å². The first-order chi connectivity index (χ1) is 18.2. The number of fused-ring (bicyclic) bond motifs is 2. The topological polar surface area (TPSA) is 75.7 Å². The quantitative estimate of drug-likeness (QED) is 0.258. The van der Waals surface area contributed by atoms with E-state index in [1.165, 1.54) is 22.1 Å². The molecule has 1 heterocycles. The van der Waals surface area contributed by atoms with E-state index >= 15 is 0 Å². The van der Waals surface area contributed by atoms with Crippen molar-refractivity contribution in [3.63, 3.8) is 0 Å². The molecule has 0 spiro atoms. The number of aromatic nitrogens is 1. The molecule has 0 aliphatic heterocycles. The zero-order valence-corrected chi connectivity index (χ0v) is 21.6. The molecule has 0 saturated carbocycles. The Bertz CT molecular complexity index is 1320. The molecule has 1 aliphatic carbocycles. The minimum atomic E-state index is -0.607. The fourth-order valence-corrected chi connectivity index (χ4v) is 5.52. The summed E-state index contributed by atoms with van der Waals surface area (Å²) in [5.74, 6) is 1.41. The highest BCUT2D eigenvalue weighted by atomic mass is 16.5. The molecule has 0 radical (unpaired) electrons. The van der Waals surface area contributed by atoms with Crippen molar-refractivity contribution in [1.82, 2.24) is 10.3 Å². The second-order valence-corrected chi connectivity index (χ2v) is 9.65. The molecule has 3 atom stereocenters. The van der Waals surface area contributed by atoms with Crippen molar-refractivity contribution in [2.75, 3.05) is 33.9 Å². The molecule has 0 amide bonds. The average Bonchev–Trinajstić information content (AvgIpc) is 3.37. The van der Waals surface area contributed by atoms with Crippen molar-refractivity contribution in [3.05, 3.63) is 95.2 Å². The molecule has 6 nitrogen and oxygen atoms in total. The van der Waals surface area contributed by atoms with Gasteiger partial charge in [-0.2, -0.15) is 0 Å². The lowest BCUT2D eigenvalue weighted by atomic mass is 9.89. The first-order valence-corrected chi connectivity index (χ1v) is 13.0. The van der Waals surface area contributed by atoms with E-state index in [1.807, 2.05) is 18.2 Å². The lowest BCUT2D eigenvalue weighted by Gasteiger charge is -2.27. The number of rotatable bonds is 11. The number of benzene rings is 3. The molecule has 1 aromatic heterocycles. The maximum Gasteiger partial charge on any atom is 0.164 e. The summed E-state index contributed by atoms with van der Waals surface area (Å²) in [4.78, 5) is 3.40. The predicted molar refractivity (Wildman–Crippen MR) is 147 cm³/mol. The maximum absolute atomic E-state index is 10.8. The van der Waals surface area contributed by atoms with Gasteiger partial charge < -0.3 is 29.6 Å². The van der Waals surface area contributed by atoms with Crippen molar-refractivity contribution in [1.29, 1.82) is 0 Å². The molecule has 1 aliphatic rings. The zero-order chi connectivity index (χ0) is 25.6. The smallest absolute Gasteiger partial charge is 0.164 e.